The average molecular weight is 460 g/mol. The summed E-state index contributed by atoms with van der Waals surface area (Å²) in [6.07, 6.45) is 0.862. The largest absolute Gasteiger partial charge is 0.477 e. The van der Waals surface area contributed by atoms with E-state index in [4.69, 9.17) is 10.5 Å². The Balaban J connectivity index is 0.000000294. The summed E-state index contributed by atoms with van der Waals surface area (Å²) < 4.78 is 31.7. The van der Waals surface area contributed by atoms with Crippen molar-refractivity contribution in [2.24, 2.45) is 5.73 Å². The molecule has 0 spiro atoms. The maximum atomic E-state index is 12.3. The lowest BCUT2D eigenvalue weighted by molar-refractivity contribution is 0.0683. The number of ether oxygens (including phenoxy) is 1. The number of hydrogen-bond acceptors (Lipinski definition) is 5. The number of primary amides is 1. The lowest BCUT2D eigenvalue weighted by Crippen LogP contribution is -2.15. The van der Waals surface area contributed by atoms with Gasteiger partial charge in [-0.25, -0.2) is 18.3 Å². The molecule has 0 bridgehead atoms. The third kappa shape index (κ3) is 8.69. The zero-order valence-corrected chi connectivity index (χ0v) is 18.4. The van der Waals surface area contributed by atoms with Crippen LogP contribution in [0, 0.1) is 11.6 Å². The molecule has 176 valence electrons. The second kappa shape index (κ2) is 12.3. The van der Waals surface area contributed by atoms with Gasteiger partial charge in [0.1, 0.15) is 11.6 Å². The minimum atomic E-state index is -1.01. The van der Waals surface area contributed by atoms with E-state index in [2.05, 4.69) is 10.00 Å². The van der Waals surface area contributed by atoms with Gasteiger partial charge in [0, 0.05) is 24.2 Å². The molecule has 0 atom stereocenters. The number of carboxylic acid groups (broad SMARTS) is 1. The van der Waals surface area contributed by atoms with Gasteiger partial charge < -0.3 is 20.5 Å². The number of carboxylic acids is 1. The van der Waals surface area contributed by atoms with E-state index in [1.54, 1.807) is 0 Å². The Hall–Kier alpha value is -3.79. The number of nitrogens with zero attached hydrogens (tertiary/aromatic N) is 3. The topological polar surface area (TPSA) is 111 Å². The van der Waals surface area contributed by atoms with Crippen LogP contribution in [0.2, 0.25) is 0 Å². The van der Waals surface area contributed by atoms with Crippen LogP contribution in [-0.4, -0.2) is 58.9 Å². The van der Waals surface area contributed by atoms with Crippen LogP contribution in [0.1, 0.15) is 32.8 Å². The highest BCUT2D eigenvalue weighted by Crippen LogP contribution is 2.14. The van der Waals surface area contributed by atoms with Crippen molar-refractivity contribution in [2.75, 3.05) is 27.2 Å². The highest BCUT2D eigenvalue weighted by Gasteiger charge is 2.15. The summed E-state index contributed by atoms with van der Waals surface area (Å²) in [5.74, 6) is -3.11. The van der Waals surface area contributed by atoms with E-state index in [-0.39, 0.29) is 11.3 Å². The summed E-state index contributed by atoms with van der Waals surface area (Å²) in [6.45, 7) is 1.83. The third-order valence-electron chi connectivity index (χ3n) is 4.30. The number of halogens is 2. The van der Waals surface area contributed by atoms with Gasteiger partial charge in [0.15, 0.2) is 5.69 Å². The fraction of sp³-hybridized carbons (Fsp3) is 0.261. The van der Waals surface area contributed by atoms with Gasteiger partial charge in [-0.3, -0.25) is 4.79 Å². The zero-order chi connectivity index (χ0) is 24.4. The highest BCUT2D eigenvalue weighted by molar-refractivity contribution is 5.92. The van der Waals surface area contributed by atoms with Crippen molar-refractivity contribution in [3.05, 3.63) is 83.1 Å². The first-order valence-electron chi connectivity index (χ1n) is 10.0. The van der Waals surface area contributed by atoms with Crippen LogP contribution < -0.4 is 10.5 Å². The van der Waals surface area contributed by atoms with Crippen LogP contribution in [-0.2, 0) is 6.54 Å². The number of nitrogens with two attached hydrogens (primary N) is 1. The van der Waals surface area contributed by atoms with Crippen molar-refractivity contribution >= 4 is 11.9 Å². The fourth-order valence-corrected chi connectivity index (χ4v) is 2.77. The molecule has 8 nitrogen and oxygen atoms in total. The van der Waals surface area contributed by atoms with E-state index >= 15 is 0 Å². The van der Waals surface area contributed by atoms with Crippen LogP contribution in [0.4, 0.5) is 8.78 Å². The van der Waals surface area contributed by atoms with E-state index in [9.17, 15) is 23.5 Å². The lowest BCUT2D eigenvalue weighted by atomic mass is 10.2. The van der Waals surface area contributed by atoms with E-state index in [0.717, 1.165) is 30.7 Å². The molecular formula is C23H26F2N4O4. The lowest BCUT2D eigenvalue weighted by Gasteiger charge is -2.08. The van der Waals surface area contributed by atoms with Gasteiger partial charge >= 0.3 is 5.97 Å². The summed E-state index contributed by atoms with van der Waals surface area (Å²) >= 11 is 0. The molecule has 0 aliphatic rings. The molecule has 0 unspecified atom stereocenters. The summed E-state index contributed by atoms with van der Waals surface area (Å²) in [7, 11) is 3.99. The maximum absolute atomic E-state index is 12.3. The molecule has 3 N–H and O–H groups in total. The summed E-state index contributed by atoms with van der Waals surface area (Å²) in [6, 6.07) is 13.5. The van der Waals surface area contributed by atoms with Gasteiger partial charge in [-0.15, -0.1) is 5.10 Å². The summed E-state index contributed by atoms with van der Waals surface area (Å²) in [4.78, 5) is 23.8. The first-order chi connectivity index (χ1) is 15.7. The van der Waals surface area contributed by atoms with Crippen LogP contribution >= 0.6 is 0 Å². The van der Waals surface area contributed by atoms with Crippen LogP contribution in [0.15, 0.2) is 54.6 Å². The zero-order valence-electron chi connectivity index (χ0n) is 18.4. The van der Waals surface area contributed by atoms with Gasteiger partial charge in [0.25, 0.3) is 0 Å². The van der Waals surface area contributed by atoms with Gasteiger partial charge in [-0.1, -0.05) is 30.3 Å². The molecule has 0 saturated heterocycles. The molecule has 1 aromatic heterocycles. The molecule has 0 radical (unpaired) electrons. The summed E-state index contributed by atoms with van der Waals surface area (Å²) in [5.41, 5.74) is 5.74. The van der Waals surface area contributed by atoms with E-state index in [0.29, 0.717) is 25.1 Å². The second-order valence-electron chi connectivity index (χ2n) is 7.34. The minimum Gasteiger partial charge on any atom is -0.477 e. The van der Waals surface area contributed by atoms with Gasteiger partial charge in [-0.2, -0.15) is 0 Å². The number of carbonyl (C=O) groups excluding carboxylic acids is 1. The Morgan fingerprint density at radius 3 is 2.27 bits per heavy atom. The predicted octanol–water partition coefficient (Wildman–Crippen LogP) is 3.02. The maximum Gasteiger partial charge on any atom is 0.354 e. The van der Waals surface area contributed by atoms with Gasteiger partial charge in [0.2, 0.25) is 11.8 Å². The number of aromatic nitrogens is 2. The van der Waals surface area contributed by atoms with Crippen LogP contribution in [0.3, 0.4) is 0 Å². The Bertz CT molecular complexity index is 1050. The van der Waals surface area contributed by atoms with E-state index in [1.807, 2.05) is 44.4 Å². The molecule has 0 fully saturated rings. The first-order valence-corrected chi connectivity index (χ1v) is 10.0. The monoisotopic (exact) mass is 460 g/mol. The minimum absolute atomic E-state index is 0.131. The van der Waals surface area contributed by atoms with E-state index in [1.165, 1.54) is 10.7 Å². The molecule has 1 heterocycles. The number of amides is 1. The molecule has 0 aliphatic heterocycles. The molecule has 10 heteroatoms. The number of benzene rings is 2. The standard InChI is InChI=1S/C16H21N3O3.C7H5F2NO/c1-18(2)9-6-10-22-15-11-14(16(20)21)19(17-15)12-13-7-4-3-5-8-13;8-5-1-4(7(10)11)2-6(9)3-5/h3-5,7-8,11H,6,9-10,12H2,1-2H3,(H,20,21);1-3H,(H2,10,11). The molecule has 0 saturated carbocycles. The average Bonchev–Trinajstić information content (AvgIpc) is 3.14. The Morgan fingerprint density at radius 1 is 1.09 bits per heavy atom. The molecule has 0 aliphatic carbocycles. The van der Waals surface area contributed by atoms with Crippen LogP contribution in [0.5, 0.6) is 5.88 Å². The first kappa shape index (κ1) is 25.5. The number of carbonyl (C=O) groups is 2. The summed E-state index contributed by atoms with van der Waals surface area (Å²) in [5, 5.41) is 13.5. The molecule has 1 amide bonds. The molecular weight excluding hydrogens is 434 g/mol. The Morgan fingerprint density at radius 2 is 1.73 bits per heavy atom. The quantitative estimate of drug-likeness (QED) is 0.475. The van der Waals surface area contributed by atoms with Crippen LogP contribution in [0.25, 0.3) is 0 Å². The number of hydrogen-bond donors (Lipinski definition) is 2. The van der Waals surface area contributed by atoms with Crippen molar-refractivity contribution in [1.29, 1.82) is 0 Å². The van der Waals surface area contributed by atoms with Crippen molar-refractivity contribution in [1.82, 2.24) is 14.7 Å². The van der Waals surface area contributed by atoms with Gasteiger partial charge in [-0.05, 0) is 38.2 Å². The SMILES string of the molecule is CN(C)CCCOc1cc(C(=O)O)n(Cc2ccccc2)n1.NC(=O)c1cc(F)cc(F)c1. The Kier molecular flexibility index (Phi) is 9.49. The predicted molar refractivity (Wildman–Crippen MR) is 118 cm³/mol. The highest BCUT2D eigenvalue weighted by atomic mass is 19.1. The smallest absolute Gasteiger partial charge is 0.354 e. The third-order valence-corrected chi connectivity index (χ3v) is 4.30. The normalized spacial score (nSPS) is 10.5. The van der Waals surface area contributed by atoms with Gasteiger partial charge in [0.05, 0.1) is 13.2 Å². The Labute approximate surface area is 190 Å². The number of rotatable bonds is 9. The number of aromatic carboxylic acids is 1. The van der Waals surface area contributed by atoms with Crippen molar-refractivity contribution in [2.45, 2.75) is 13.0 Å². The molecule has 33 heavy (non-hydrogen) atoms. The van der Waals surface area contributed by atoms with Crippen molar-refractivity contribution < 1.29 is 28.2 Å². The molecule has 3 rings (SSSR count). The van der Waals surface area contributed by atoms with Crippen molar-refractivity contribution in [3.63, 3.8) is 0 Å². The second-order valence-corrected chi connectivity index (χ2v) is 7.34. The molecule has 3 aromatic rings. The van der Waals surface area contributed by atoms with Crippen molar-refractivity contribution in [3.8, 4) is 5.88 Å². The molecule has 2 aromatic carbocycles. The fourth-order valence-electron chi connectivity index (χ4n) is 2.77. The van der Waals surface area contributed by atoms with E-state index < -0.39 is 23.5 Å².